The lowest BCUT2D eigenvalue weighted by molar-refractivity contribution is -0.163. The summed E-state index contributed by atoms with van der Waals surface area (Å²) >= 11 is 0. The van der Waals surface area contributed by atoms with Crippen molar-refractivity contribution in [2.45, 2.75) is 26.2 Å². The van der Waals surface area contributed by atoms with Crippen molar-refractivity contribution in [1.29, 1.82) is 0 Å². The van der Waals surface area contributed by atoms with Crippen LogP contribution in [0.5, 0.6) is 0 Å². The van der Waals surface area contributed by atoms with Gasteiger partial charge in [-0.15, -0.1) is 0 Å². The molecule has 0 aliphatic heterocycles. The summed E-state index contributed by atoms with van der Waals surface area (Å²) in [6.07, 6.45) is 8.20. The molecule has 96 valence electrons. The van der Waals surface area contributed by atoms with Crippen LogP contribution in [0.2, 0.25) is 0 Å². The van der Waals surface area contributed by atoms with E-state index in [0.717, 1.165) is 18.3 Å². The third kappa shape index (κ3) is 1.25. The quantitative estimate of drug-likeness (QED) is 0.308. The fourth-order valence-electron chi connectivity index (χ4n) is 5.50. The molecule has 0 N–H and O–H groups in total. The Hall–Kier alpha value is -1.12. The number of carbonyl (C=O) groups excluding carboxylic acids is 2. The zero-order valence-corrected chi connectivity index (χ0v) is 10.5. The molecular weight excluding hydrogens is 228 g/mol. The topological polar surface area (TPSA) is 43.4 Å². The summed E-state index contributed by atoms with van der Waals surface area (Å²) in [6.45, 7) is 1.31. The van der Waals surface area contributed by atoms with Crippen molar-refractivity contribution in [1.82, 2.24) is 0 Å². The van der Waals surface area contributed by atoms with E-state index >= 15 is 0 Å². The number of hydrogen-bond donors (Lipinski definition) is 0. The molecule has 18 heavy (non-hydrogen) atoms. The van der Waals surface area contributed by atoms with Gasteiger partial charge in [-0.25, -0.2) is 0 Å². The third-order valence-electron chi connectivity index (χ3n) is 5.82. The standard InChI is InChI=1S/C15H18O3/c1-7(16)18-15(17)12-6-10-5-11(12)14-9-3-2-8(4-9)13(10)14/h2-3,8-14H,4-6H2,1H3. The molecule has 0 aromatic rings. The second-order valence-corrected chi connectivity index (χ2v) is 6.52. The Kier molecular flexibility index (Phi) is 2.07. The van der Waals surface area contributed by atoms with Crippen LogP contribution in [0.4, 0.5) is 0 Å². The summed E-state index contributed by atoms with van der Waals surface area (Å²) in [5, 5.41) is 0. The van der Waals surface area contributed by atoms with Crippen molar-refractivity contribution in [3.63, 3.8) is 0 Å². The molecule has 0 aromatic carbocycles. The maximum atomic E-state index is 12.0. The van der Waals surface area contributed by atoms with Gasteiger partial charge in [0.25, 0.3) is 0 Å². The SMILES string of the molecule is CC(=O)OC(=O)C1CC2CC1C1C3C=CC(C3)C21. The Labute approximate surface area is 107 Å². The Bertz CT molecular complexity index is 453. The Morgan fingerprint density at radius 3 is 2.50 bits per heavy atom. The predicted molar refractivity (Wildman–Crippen MR) is 64.2 cm³/mol. The van der Waals surface area contributed by atoms with Crippen LogP contribution in [0, 0.1) is 41.4 Å². The number of ether oxygens (including phenoxy) is 1. The van der Waals surface area contributed by atoms with Gasteiger partial charge in [-0.2, -0.15) is 0 Å². The molecule has 0 amide bonds. The van der Waals surface area contributed by atoms with E-state index in [1.165, 1.54) is 19.8 Å². The molecule has 0 aromatic heterocycles. The average Bonchev–Trinajstić information content (AvgIpc) is 3.06. The first-order valence-electron chi connectivity index (χ1n) is 7.05. The number of esters is 2. The van der Waals surface area contributed by atoms with Gasteiger partial charge in [-0.1, -0.05) is 12.2 Å². The summed E-state index contributed by atoms with van der Waals surface area (Å²) in [7, 11) is 0. The number of rotatable bonds is 1. The van der Waals surface area contributed by atoms with Crippen LogP contribution in [-0.4, -0.2) is 11.9 Å². The minimum Gasteiger partial charge on any atom is -0.393 e. The van der Waals surface area contributed by atoms with Gasteiger partial charge in [0, 0.05) is 6.92 Å². The molecule has 3 fully saturated rings. The number of allylic oxidation sites excluding steroid dienone is 2. The second-order valence-electron chi connectivity index (χ2n) is 6.52. The van der Waals surface area contributed by atoms with Gasteiger partial charge < -0.3 is 4.74 Å². The van der Waals surface area contributed by atoms with Crippen LogP contribution in [-0.2, 0) is 14.3 Å². The summed E-state index contributed by atoms with van der Waals surface area (Å²) in [4.78, 5) is 22.9. The highest BCUT2D eigenvalue weighted by Gasteiger charge is 2.62. The fraction of sp³-hybridized carbons (Fsp3) is 0.733. The normalized spacial score (nSPS) is 50.6. The van der Waals surface area contributed by atoms with E-state index in [9.17, 15) is 9.59 Å². The van der Waals surface area contributed by atoms with Crippen molar-refractivity contribution in [3.05, 3.63) is 12.2 Å². The first-order valence-corrected chi connectivity index (χ1v) is 7.05. The van der Waals surface area contributed by atoms with E-state index in [4.69, 9.17) is 4.74 Å². The highest BCUT2D eigenvalue weighted by atomic mass is 16.6. The van der Waals surface area contributed by atoms with E-state index in [-0.39, 0.29) is 11.9 Å². The largest absolute Gasteiger partial charge is 0.393 e. The van der Waals surface area contributed by atoms with E-state index in [0.29, 0.717) is 23.7 Å². The minimum atomic E-state index is -0.466. The first-order chi connectivity index (χ1) is 8.65. The van der Waals surface area contributed by atoms with E-state index in [1.807, 2.05) is 0 Å². The number of hydrogen-bond acceptors (Lipinski definition) is 3. The lowest BCUT2D eigenvalue weighted by Crippen LogP contribution is -2.35. The molecule has 0 radical (unpaired) electrons. The molecule has 4 aliphatic rings. The molecule has 7 unspecified atom stereocenters. The van der Waals surface area contributed by atoms with Crippen LogP contribution in [0.15, 0.2) is 12.2 Å². The fourth-order valence-corrected chi connectivity index (χ4v) is 5.50. The summed E-state index contributed by atoms with van der Waals surface area (Å²) in [5.74, 6) is 3.44. The molecule has 4 aliphatic carbocycles. The third-order valence-corrected chi connectivity index (χ3v) is 5.82. The molecule has 3 nitrogen and oxygen atoms in total. The van der Waals surface area contributed by atoms with E-state index in [2.05, 4.69) is 12.2 Å². The van der Waals surface area contributed by atoms with Crippen molar-refractivity contribution in [3.8, 4) is 0 Å². The molecule has 0 spiro atoms. The van der Waals surface area contributed by atoms with Gasteiger partial charge >= 0.3 is 11.9 Å². The highest BCUT2D eigenvalue weighted by Crippen LogP contribution is 2.67. The van der Waals surface area contributed by atoms with Crippen LogP contribution in [0.25, 0.3) is 0 Å². The predicted octanol–water partition coefficient (Wildman–Crippen LogP) is 2.17. The number of fused-ring (bicyclic) bond motifs is 9. The minimum absolute atomic E-state index is 0.00657. The average molecular weight is 246 g/mol. The van der Waals surface area contributed by atoms with Gasteiger partial charge in [0.2, 0.25) is 0 Å². The molecule has 3 saturated carbocycles. The first kappa shape index (κ1) is 10.8. The van der Waals surface area contributed by atoms with Gasteiger partial charge in [-0.3, -0.25) is 9.59 Å². The van der Waals surface area contributed by atoms with Gasteiger partial charge in [0.15, 0.2) is 0 Å². The maximum absolute atomic E-state index is 12.0. The summed E-state index contributed by atoms with van der Waals surface area (Å²) in [5.41, 5.74) is 0. The van der Waals surface area contributed by atoms with Crippen molar-refractivity contribution >= 4 is 11.9 Å². The molecule has 3 heteroatoms. The summed E-state index contributed by atoms with van der Waals surface area (Å²) in [6, 6.07) is 0. The lowest BCUT2D eigenvalue weighted by atomic mass is 9.69. The Balaban J connectivity index is 1.57. The lowest BCUT2D eigenvalue weighted by Gasteiger charge is -2.35. The zero-order chi connectivity index (χ0) is 12.4. The maximum Gasteiger partial charge on any atom is 0.316 e. The van der Waals surface area contributed by atoms with Crippen molar-refractivity contribution in [2.24, 2.45) is 41.4 Å². The summed E-state index contributed by atoms with van der Waals surface area (Å²) < 4.78 is 4.82. The van der Waals surface area contributed by atoms with Crippen LogP contribution >= 0.6 is 0 Å². The Morgan fingerprint density at radius 2 is 1.78 bits per heavy atom. The van der Waals surface area contributed by atoms with Crippen LogP contribution in [0.3, 0.4) is 0 Å². The zero-order valence-electron chi connectivity index (χ0n) is 10.5. The molecule has 7 atom stereocenters. The van der Waals surface area contributed by atoms with Gasteiger partial charge in [0.05, 0.1) is 5.92 Å². The van der Waals surface area contributed by atoms with Crippen LogP contribution < -0.4 is 0 Å². The monoisotopic (exact) mass is 246 g/mol. The molecular formula is C15H18O3. The van der Waals surface area contributed by atoms with Gasteiger partial charge in [-0.05, 0) is 54.8 Å². The van der Waals surface area contributed by atoms with E-state index < -0.39 is 5.97 Å². The molecule has 4 bridgehead atoms. The second kappa shape index (κ2) is 3.46. The van der Waals surface area contributed by atoms with E-state index in [1.54, 1.807) is 0 Å². The molecule has 0 heterocycles. The van der Waals surface area contributed by atoms with Crippen molar-refractivity contribution in [2.75, 3.05) is 0 Å². The smallest absolute Gasteiger partial charge is 0.316 e. The highest BCUT2D eigenvalue weighted by molar-refractivity contribution is 5.86. The molecule has 0 saturated heterocycles. The van der Waals surface area contributed by atoms with Crippen LogP contribution in [0.1, 0.15) is 26.2 Å². The van der Waals surface area contributed by atoms with Crippen molar-refractivity contribution < 1.29 is 14.3 Å². The number of carbonyl (C=O) groups is 2. The van der Waals surface area contributed by atoms with Gasteiger partial charge in [0.1, 0.15) is 0 Å². The molecule has 4 rings (SSSR count). The Morgan fingerprint density at radius 1 is 1.06 bits per heavy atom.